The molecule has 0 aliphatic carbocycles. The molecule has 0 saturated carbocycles. The standard InChI is InChI=1S/C31H36N2O2/c1-5-8-15-23(4)29(24-16-11-10-12-17-24)31(34)35-30(27(7-3)32-21-9-6-2)26-20-22-33-28-19-14-13-18-25(26)28/h5,8,10-20,22,27,29-30,32H,1,4,6-7,9,21H2,2-3H3/b15-8-/t27-,29?,30+/m1/s1. The number of carbonyl (C=O) groups excluding carboxylic acids is 1. The number of allylic oxidation sites excluding steroid dienone is 3. The first-order chi connectivity index (χ1) is 17.1. The monoisotopic (exact) mass is 468 g/mol. The van der Waals surface area contributed by atoms with Crippen molar-refractivity contribution in [3.63, 3.8) is 0 Å². The second-order valence-corrected chi connectivity index (χ2v) is 8.61. The second kappa shape index (κ2) is 13.4. The van der Waals surface area contributed by atoms with Crippen LogP contribution in [-0.4, -0.2) is 23.5 Å². The van der Waals surface area contributed by atoms with Crippen molar-refractivity contribution in [1.82, 2.24) is 10.3 Å². The van der Waals surface area contributed by atoms with Crippen LogP contribution in [-0.2, 0) is 9.53 Å². The van der Waals surface area contributed by atoms with Crippen LogP contribution in [0.25, 0.3) is 10.9 Å². The molecule has 1 N–H and O–H groups in total. The van der Waals surface area contributed by atoms with Gasteiger partial charge in [0, 0.05) is 23.2 Å². The maximum Gasteiger partial charge on any atom is 0.318 e. The highest BCUT2D eigenvalue weighted by Crippen LogP contribution is 2.33. The van der Waals surface area contributed by atoms with Gasteiger partial charge in [-0.25, -0.2) is 0 Å². The number of carbonyl (C=O) groups is 1. The van der Waals surface area contributed by atoms with Gasteiger partial charge in [-0.15, -0.1) is 0 Å². The summed E-state index contributed by atoms with van der Waals surface area (Å²) in [5.74, 6) is -0.937. The second-order valence-electron chi connectivity index (χ2n) is 8.61. The van der Waals surface area contributed by atoms with E-state index in [9.17, 15) is 4.79 Å². The summed E-state index contributed by atoms with van der Waals surface area (Å²) in [7, 11) is 0. The van der Waals surface area contributed by atoms with Crippen LogP contribution in [0.3, 0.4) is 0 Å². The van der Waals surface area contributed by atoms with Crippen molar-refractivity contribution in [1.29, 1.82) is 0 Å². The zero-order chi connectivity index (χ0) is 25.0. The smallest absolute Gasteiger partial charge is 0.318 e. The average Bonchev–Trinajstić information content (AvgIpc) is 2.89. The van der Waals surface area contributed by atoms with Crippen molar-refractivity contribution in [2.75, 3.05) is 6.54 Å². The van der Waals surface area contributed by atoms with E-state index in [1.807, 2.05) is 66.7 Å². The molecule has 182 valence electrons. The normalized spacial score (nSPS) is 13.9. The fraction of sp³-hybridized carbons (Fsp3) is 0.290. The highest BCUT2D eigenvalue weighted by molar-refractivity contribution is 5.85. The maximum absolute atomic E-state index is 13.8. The number of aromatic nitrogens is 1. The summed E-state index contributed by atoms with van der Waals surface area (Å²) < 4.78 is 6.40. The first-order valence-corrected chi connectivity index (χ1v) is 12.4. The summed E-state index contributed by atoms with van der Waals surface area (Å²) in [6, 6.07) is 19.6. The largest absolute Gasteiger partial charge is 0.455 e. The Bertz CT molecular complexity index is 1150. The lowest BCUT2D eigenvalue weighted by molar-refractivity contribution is -0.152. The van der Waals surface area contributed by atoms with E-state index < -0.39 is 12.0 Å². The molecule has 0 spiro atoms. The first-order valence-electron chi connectivity index (χ1n) is 12.4. The molecule has 4 heteroatoms. The van der Waals surface area contributed by atoms with Gasteiger partial charge in [-0.05, 0) is 42.7 Å². The van der Waals surface area contributed by atoms with E-state index in [0.717, 1.165) is 47.8 Å². The Labute approximate surface area is 209 Å². The minimum atomic E-state index is -0.615. The third-order valence-electron chi connectivity index (χ3n) is 6.16. The summed E-state index contributed by atoms with van der Waals surface area (Å²) in [5, 5.41) is 4.62. The molecule has 0 fully saturated rings. The number of hydrogen-bond donors (Lipinski definition) is 1. The summed E-state index contributed by atoms with van der Waals surface area (Å²) in [4.78, 5) is 18.3. The fourth-order valence-corrected chi connectivity index (χ4v) is 4.29. The molecule has 2 aromatic carbocycles. The van der Waals surface area contributed by atoms with Crippen LogP contribution < -0.4 is 5.32 Å². The molecule has 0 amide bonds. The molecule has 1 unspecified atom stereocenters. The number of esters is 1. The van der Waals surface area contributed by atoms with Crippen LogP contribution in [0, 0.1) is 0 Å². The Balaban J connectivity index is 2.03. The number of fused-ring (bicyclic) bond motifs is 1. The van der Waals surface area contributed by atoms with E-state index in [2.05, 4.69) is 37.3 Å². The van der Waals surface area contributed by atoms with Crippen LogP contribution in [0.5, 0.6) is 0 Å². The molecule has 3 atom stereocenters. The van der Waals surface area contributed by atoms with E-state index in [1.54, 1.807) is 18.3 Å². The van der Waals surface area contributed by atoms with Gasteiger partial charge in [0.15, 0.2) is 0 Å². The molecule has 0 saturated heterocycles. The Morgan fingerprint density at radius 2 is 1.83 bits per heavy atom. The predicted octanol–water partition coefficient (Wildman–Crippen LogP) is 7.07. The van der Waals surface area contributed by atoms with Gasteiger partial charge in [0.05, 0.1) is 5.52 Å². The predicted molar refractivity (Wildman–Crippen MR) is 145 cm³/mol. The molecule has 4 nitrogen and oxygen atoms in total. The highest BCUT2D eigenvalue weighted by atomic mass is 16.5. The lowest BCUT2D eigenvalue weighted by Gasteiger charge is -2.30. The van der Waals surface area contributed by atoms with Gasteiger partial charge in [-0.3, -0.25) is 9.78 Å². The third kappa shape index (κ3) is 6.77. The van der Waals surface area contributed by atoms with Crippen molar-refractivity contribution in [2.45, 2.75) is 51.2 Å². The number of nitrogens with one attached hydrogen (secondary N) is 1. The number of nitrogens with zero attached hydrogens (tertiary/aromatic N) is 1. The summed E-state index contributed by atoms with van der Waals surface area (Å²) in [6.45, 7) is 13.1. The minimum absolute atomic E-state index is 0.0373. The highest BCUT2D eigenvalue weighted by Gasteiger charge is 2.32. The number of para-hydroxylation sites is 1. The van der Waals surface area contributed by atoms with Crippen molar-refractivity contribution in [3.8, 4) is 0 Å². The minimum Gasteiger partial charge on any atom is -0.455 e. The van der Waals surface area contributed by atoms with Gasteiger partial charge in [0.1, 0.15) is 12.0 Å². The molecule has 0 aliphatic heterocycles. The van der Waals surface area contributed by atoms with E-state index in [0.29, 0.717) is 5.57 Å². The number of unbranched alkanes of at least 4 members (excludes halogenated alkanes) is 1. The van der Waals surface area contributed by atoms with E-state index in [4.69, 9.17) is 4.74 Å². The van der Waals surface area contributed by atoms with Gasteiger partial charge < -0.3 is 10.1 Å². The molecule has 0 radical (unpaired) electrons. The van der Waals surface area contributed by atoms with Crippen molar-refractivity contribution >= 4 is 16.9 Å². The zero-order valence-electron chi connectivity index (χ0n) is 20.8. The lowest BCUT2D eigenvalue weighted by atomic mass is 9.91. The molecule has 0 aliphatic rings. The fourth-order valence-electron chi connectivity index (χ4n) is 4.29. The number of pyridine rings is 1. The Kier molecular flexibility index (Phi) is 10.00. The quantitative estimate of drug-likeness (QED) is 0.166. The summed E-state index contributed by atoms with van der Waals surface area (Å²) >= 11 is 0. The van der Waals surface area contributed by atoms with Gasteiger partial charge in [0.25, 0.3) is 0 Å². The molecule has 3 rings (SSSR count). The Hall–Kier alpha value is -3.50. The third-order valence-corrected chi connectivity index (χ3v) is 6.16. The van der Waals surface area contributed by atoms with E-state index in [-0.39, 0.29) is 12.0 Å². The van der Waals surface area contributed by atoms with Crippen LogP contribution in [0.2, 0.25) is 0 Å². The SMILES string of the molecule is C=C/C=C\C(=C)C(C(=O)O[C@@H](c1ccnc2ccccc12)[C@@H](CC)NCCCC)c1ccccc1. The molecule has 35 heavy (non-hydrogen) atoms. The summed E-state index contributed by atoms with van der Waals surface area (Å²) in [6.07, 6.45) is 9.57. The molecular formula is C31H36N2O2. The van der Waals surface area contributed by atoms with E-state index in [1.165, 1.54) is 0 Å². The number of rotatable bonds is 13. The average molecular weight is 469 g/mol. The zero-order valence-corrected chi connectivity index (χ0v) is 20.8. The summed E-state index contributed by atoms with van der Waals surface area (Å²) in [5.41, 5.74) is 3.35. The molecule has 3 aromatic rings. The van der Waals surface area contributed by atoms with Crippen LogP contribution >= 0.6 is 0 Å². The van der Waals surface area contributed by atoms with Crippen molar-refractivity contribution in [3.05, 3.63) is 115 Å². The first kappa shape index (κ1) is 26.1. The van der Waals surface area contributed by atoms with E-state index >= 15 is 0 Å². The molecule has 1 heterocycles. The molecule has 0 bridgehead atoms. The Morgan fingerprint density at radius 3 is 2.54 bits per heavy atom. The van der Waals surface area contributed by atoms with Crippen LogP contribution in [0.4, 0.5) is 0 Å². The molecular weight excluding hydrogens is 432 g/mol. The number of hydrogen-bond acceptors (Lipinski definition) is 4. The topological polar surface area (TPSA) is 51.2 Å². The Morgan fingerprint density at radius 1 is 1.09 bits per heavy atom. The van der Waals surface area contributed by atoms with Gasteiger partial charge in [-0.1, -0.05) is 100 Å². The number of ether oxygens (including phenoxy) is 1. The lowest BCUT2D eigenvalue weighted by Crippen LogP contribution is -2.38. The molecule has 1 aromatic heterocycles. The van der Waals surface area contributed by atoms with Gasteiger partial charge >= 0.3 is 5.97 Å². The van der Waals surface area contributed by atoms with Gasteiger partial charge in [-0.2, -0.15) is 0 Å². The van der Waals surface area contributed by atoms with Gasteiger partial charge in [0.2, 0.25) is 0 Å². The maximum atomic E-state index is 13.8. The number of benzene rings is 2. The van der Waals surface area contributed by atoms with Crippen molar-refractivity contribution < 1.29 is 9.53 Å². The van der Waals surface area contributed by atoms with Crippen molar-refractivity contribution in [2.24, 2.45) is 0 Å². The van der Waals surface area contributed by atoms with Crippen LogP contribution in [0.15, 0.2) is 104 Å². The van der Waals surface area contributed by atoms with Crippen LogP contribution in [0.1, 0.15) is 56.3 Å².